The van der Waals surface area contributed by atoms with Gasteiger partial charge in [-0.05, 0) is 5.57 Å². The van der Waals surface area contributed by atoms with Gasteiger partial charge in [0.1, 0.15) is 29.7 Å². The number of oxime groups is 1. The van der Waals surface area contributed by atoms with Crippen LogP contribution in [0.2, 0.25) is 0 Å². The number of carbonyl (C=O) groups excluding carboxylic acids is 2. The Kier molecular flexibility index (Phi) is 7.93. The predicted octanol–water partition coefficient (Wildman–Crippen LogP) is -0.224. The molecule has 4 rings (SSSR count). The van der Waals surface area contributed by atoms with E-state index in [2.05, 4.69) is 34.9 Å². The van der Waals surface area contributed by atoms with E-state index in [1.807, 2.05) is 5.09 Å². The molecule has 1 unspecified atom stereocenters. The second-order valence-corrected chi connectivity index (χ2v) is 12.0. The third kappa shape index (κ3) is 5.69. The number of carbonyl (C=O) groups is 3. The largest absolute Gasteiger partial charge is 0.477 e. The SMILES string of the molecule is CON=C(C(=O)NC1C(=O)N2C(C(=O)O)=C(CSc3nncs3)CS[C@@H]12)c1nsc(NP(=O)(O)O)n1. The van der Waals surface area contributed by atoms with Crippen molar-refractivity contribution in [3.05, 3.63) is 22.6 Å². The first-order chi connectivity index (χ1) is 17.1. The standard InChI is InChI=1S/C15H15N8O8PS4/c1-31-20-6(9-18-14(36-22-9)21-32(28,29)30)10(24)17-7-11(25)23-8(13(26)27)5(2-33-12(7)23)3-34-15-19-16-4-35-15/h4,7,12H,2-3H2,1H3,(H,17,24)(H,26,27)(H3,18,21,22,28,29,30)/t7?,12-/m0/s1. The number of carboxylic acid groups (broad SMARTS) is 1. The molecular weight excluding hydrogens is 579 g/mol. The summed E-state index contributed by atoms with van der Waals surface area (Å²) in [6.45, 7) is 0. The van der Waals surface area contributed by atoms with E-state index in [9.17, 15) is 24.1 Å². The Labute approximate surface area is 218 Å². The molecule has 0 aliphatic carbocycles. The zero-order valence-electron chi connectivity index (χ0n) is 17.8. The lowest BCUT2D eigenvalue weighted by molar-refractivity contribution is -0.150. The van der Waals surface area contributed by atoms with Crippen molar-refractivity contribution in [1.29, 1.82) is 0 Å². The van der Waals surface area contributed by atoms with Crippen LogP contribution in [0.4, 0.5) is 5.13 Å². The highest BCUT2D eigenvalue weighted by Gasteiger charge is 2.54. The van der Waals surface area contributed by atoms with E-state index in [0.29, 0.717) is 33.0 Å². The fourth-order valence-electron chi connectivity index (χ4n) is 3.14. The quantitative estimate of drug-likeness (QED) is 0.0787. The molecule has 192 valence electrons. The van der Waals surface area contributed by atoms with Crippen LogP contribution in [0, 0.1) is 0 Å². The van der Waals surface area contributed by atoms with Crippen LogP contribution in [0.15, 0.2) is 26.3 Å². The number of nitrogens with zero attached hydrogens (tertiary/aromatic N) is 6. The zero-order valence-corrected chi connectivity index (χ0v) is 22.0. The molecule has 1 fully saturated rings. The summed E-state index contributed by atoms with van der Waals surface area (Å²) in [6.07, 6.45) is 0. The van der Waals surface area contributed by atoms with Crippen LogP contribution in [0.5, 0.6) is 0 Å². The molecule has 2 aliphatic heterocycles. The Balaban J connectivity index is 1.47. The van der Waals surface area contributed by atoms with Gasteiger partial charge in [0, 0.05) is 23.0 Å². The van der Waals surface area contributed by atoms with Gasteiger partial charge in [0.05, 0.1) is 0 Å². The molecule has 0 bridgehead atoms. The smallest absolute Gasteiger partial charge is 0.429 e. The van der Waals surface area contributed by atoms with E-state index in [4.69, 9.17) is 9.79 Å². The maximum absolute atomic E-state index is 12.9. The number of β-lactam (4-membered cyclic amide) rings is 1. The molecule has 2 atom stereocenters. The lowest BCUT2D eigenvalue weighted by atomic mass is 10.0. The number of carboxylic acids is 1. The Hall–Kier alpha value is -2.61. The number of aromatic nitrogens is 4. The molecule has 4 heterocycles. The van der Waals surface area contributed by atoms with Gasteiger partial charge in [-0.3, -0.25) is 19.6 Å². The summed E-state index contributed by atoms with van der Waals surface area (Å²) in [7, 11) is -3.49. The van der Waals surface area contributed by atoms with Crippen molar-refractivity contribution in [2.24, 2.45) is 5.16 Å². The first kappa shape index (κ1) is 26.5. The van der Waals surface area contributed by atoms with Crippen molar-refractivity contribution in [3.63, 3.8) is 0 Å². The fourth-order valence-corrected chi connectivity index (χ4v) is 7.36. The van der Waals surface area contributed by atoms with E-state index in [-0.39, 0.29) is 16.7 Å². The van der Waals surface area contributed by atoms with Crippen LogP contribution in [0.3, 0.4) is 0 Å². The van der Waals surface area contributed by atoms with E-state index < -0.39 is 42.7 Å². The van der Waals surface area contributed by atoms with Crippen molar-refractivity contribution in [2.75, 3.05) is 23.7 Å². The second kappa shape index (κ2) is 10.8. The number of hydrogen-bond acceptors (Lipinski definition) is 14. The number of thioether (sulfide) groups is 2. The van der Waals surface area contributed by atoms with E-state index >= 15 is 0 Å². The maximum Gasteiger partial charge on any atom is 0.429 e. The number of fused-ring (bicyclic) bond motifs is 1. The summed E-state index contributed by atoms with van der Waals surface area (Å²) >= 11 is 4.49. The third-order valence-corrected chi connectivity index (χ3v) is 9.09. The summed E-state index contributed by atoms with van der Waals surface area (Å²) in [5.74, 6) is -2.44. The maximum atomic E-state index is 12.9. The number of amides is 2. The monoisotopic (exact) mass is 594 g/mol. The average Bonchev–Trinajstić information content (AvgIpc) is 3.49. The fraction of sp³-hybridized carbons (Fsp3) is 0.333. The molecule has 0 radical (unpaired) electrons. The van der Waals surface area contributed by atoms with E-state index in [0.717, 1.165) is 12.0 Å². The van der Waals surface area contributed by atoms with E-state index in [1.165, 1.54) is 34.9 Å². The molecule has 5 N–H and O–H groups in total. The summed E-state index contributed by atoms with van der Waals surface area (Å²) in [5.41, 5.74) is 1.53. The molecular formula is C15H15N8O8PS4. The molecule has 0 aromatic carbocycles. The van der Waals surface area contributed by atoms with Crippen LogP contribution >= 0.6 is 54.1 Å². The molecule has 0 spiro atoms. The number of aliphatic carboxylic acids is 1. The molecule has 1 saturated heterocycles. The van der Waals surface area contributed by atoms with Gasteiger partial charge in [-0.1, -0.05) is 28.3 Å². The third-order valence-electron chi connectivity index (χ3n) is 4.52. The number of hydrogen-bond donors (Lipinski definition) is 5. The lowest BCUT2D eigenvalue weighted by Gasteiger charge is -2.49. The van der Waals surface area contributed by atoms with Gasteiger partial charge in [-0.25, -0.2) is 9.36 Å². The zero-order chi connectivity index (χ0) is 26.0. The molecule has 21 heteroatoms. The van der Waals surface area contributed by atoms with Gasteiger partial charge in [0.2, 0.25) is 16.7 Å². The van der Waals surface area contributed by atoms with Gasteiger partial charge in [0.15, 0.2) is 4.34 Å². The first-order valence-corrected chi connectivity index (χ1v) is 14.8. The van der Waals surface area contributed by atoms with Crippen LogP contribution in [-0.2, 0) is 23.8 Å². The van der Waals surface area contributed by atoms with Gasteiger partial charge in [-0.2, -0.15) is 9.36 Å². The highest BCUT2D eigenvalue weighted by molar-refractivity contribution is 8.01. The Morgan fingerprint density at radius 1 is 1.42 bits per heavy atom. The number of rotatable bonds is 10. The van der Waals surface area contributed by atoms with Crippen LogP contribution in [0.25, 0.3) is 0 Å². The Bertz CT molecular complexity index is 1290. The van der Waals surface area contributed by atoms with Crippen molar-refractivity contribution in [1.82, 2.24) is 29.8 Å². The lowest BCUT2D eigenvalue weighted by Crippen LogP contribution is -2.71. The van der Waals surface area contributed by atoms with Gasteiger partial charge in [-0.15, -0.1) is 22.0 Å². The molecule has 2 amide bonds. The van der Waals surface area contributed by atoms with Gasteiger partial charge >= 0.3 is 13.7 Å². The van der Waals surface area contributed by atoms with Crippen LogP contribution in [-0.4, -0.2) is 92.9 Å². The summed E-state index contributed by atoms with van der Waals surface area (Å²) in [6, 6.07) is -1.05. The van der Waals surface area contributed by atoms with Gasteiger partial charge < -0.3 is 25.0 Å². The average molecular weight is 595 g/mol. The minimum Gasteiger partial charge on any atom is -0.477 e. The van der Waals surface area contributed by atoms with Crippen molar-refractivity contribution < 1.29 is 38.7 Å². The van der Waals surface area contributed by atoms with Crippen LogP contribution < -0.4 is 10.4 Å². The van der Waals surface area contributed by atoms with Crippen molar-refractivity contribution >= 4 is 82.8 Å². The molecule has 2 aliphatic rings. The Morgan fingerprint density at radius 2 is 2.19 bits per heavy atom. The first-order valence-electron chi connectivity index (χ1n) is 9.48. The van der Waals surface area contributed by atoms with Crippen molar-refractivity contribution in [3.8, 4) is 0 Å². The molecule has 2 aromatic rings. The Morgan fingerprint density at radius 3 is 2.83 bits per heavy atom. The van der Waals surface area contributed by atoms with Gasteiger partial charge in [0.25, 0.3) is 11.8 Å². The molecule has 2 aromatic heterocycles. The molecule has 36 heavy (non-hydrogen) atoms. The minimum atomic E-state index is -4.65. The summed E-state index contributed by atoms with van der Waals surface area (Å²) < 4.78 is 15.6. The summed E-state index contributed by atoms with van der Waals surface area (Å²) in [5, 5.41) is 24.4. The highest BCUT2D eigenvalue weighted by Crippen LogP contribution is 2.42. The minimum absolute atomic E-state index is 0.133. The number of anilines is 1. The molecule has 16 nitrogen and oxygen atoms in total. The summed E-state index contributed by atoms with van der Waals surface area (Å²) in [4.78, 5) is 65.3. The van der Waals surface area contributed by atoms with E-state index in [1.54, 1.807) is 5.51 Å². The second-order valence-electron chi connectivity index (χ2n) is 6.81. The normalized spacial score (nSPS) is 20.0. The topological polar surface area (TPSA) is 229 Å². The highest BCUT2D eigenvalue weighted by atomic mass is 32.2. The number of nitrogens with one attached hydrogen (secondary N) is 2. The van der Waals surface area contributed by atoms with Crippen LogP contribution in [0.1, 0.15) is 5.82 Å². The van der Waals surface area contributed by atoms with Crippen molar-refractivity contribution in [2.45, 2.75) is 15.8 Å². The molecule has 0 saturated carbocycles. The predicted molar refractivity (Wildman–Crippen MR) is 129 cm³/mol.